The smallest absolute Gasteiger partial charge is 0.383 e. The van der Waals surface area contributed by atoms with Gasteiger partial charge in [0.05, 0.1) is 5.57 Å². The van der Waals surface area contributed by atoms with Crippen molar-refractivity contribution in [2.45, 2.75) is 6.18 Å². The monoisotopic (exact) mass is 405 g/mol. The molecule has 0 N–H and O–H groups in total. The molecule has 2 aromatic carbocycles. The lowest BCUT2D eigenvalue weighted by Gasteiger charge is -2.17. The van der Waals surface area contributed by atoms with Crippen LogP contribution in [-0.4, -0.2) is 31.5 Å². The highest BCUT2D eigenvalue weighted by Crippen LogP contribution is 2.52. The van der Waals surface area contributed by atoms with Crippen LogP contribution in [0.4, 0.5) is 22.0 Å². The van der Waals surface area contributed by atoms with Gasteiger partial charge in [-0.05, 0) is 12.1 Å². The molecule has 0 unspecified atom stereocenters. The van der Waals surface area contributed by atoms with Crippen LogP contribution < -0.4 is 0 Å². The molecule has 3 rings (SSSR count). The van der Waals surface area contributed by atoms with Gasteiger partial charge in [0.15, 0.2) is 6.29 Å². The molecule has 2 aromatic rings. The Morgan fingerprint density at radius 2 is 1.31 bits per heavy atom. The average Bonchev–Trinajstić information content (AvgIpc) is 2.95. The van der Waals surface area contributed by atoms with E-state index in [1.54, 1.807) is 0 Å². The Bertz CT molecular complexity index is 1060. The third-order valence-corrected chi connectivity index (χ3v) is 4.40. The third-order valence-electron chi connectivity index (χ3n) is 4.40. The highest BCUT2D eigenvalue weighted by molar-refractivity contribution is 6.19. The second-order valence-electron chi connectivity index (χ2n) is 6.62. The molecular formula is C22H16F5NO. The minimum Gasteiger partial charge on any atom is -0.383 e. The zero-order chi connectivity index (χ0) is 21.3. The van der Waals surface area contributed by atoms with Crippen LogP contribution in [0.15, 0.2) is 71.5 Å². The molecule has 0 fully saturated rings. The molecule has 1 aliphatic rings. The van der Waals surface area contributed by atoms with Crippen molar-refractivity contribution in [3.8, 4) is 0 Å². The van der Waals surface area contributed by atoms with Gasteiger partial charge >= 0.3 is 6.18 Å². The molecule has 29 heavy (non-hydrogen) atoms. The number of hydrogen-bond acceptors (Lipinski definition) is 2. The minimum atomic E-state index is -4.92. The SMILES string of the molecule is CN(C)/C=C1/C(c2ccccc2F)=C(c2ccccc2F)C(C=O)=C1C(F)(F)F. The average molecular weight is 405 g/mol. The number of allylic oxidation sites excluding steroid dienone is 5. The summed E-state index contributed by atoms with van der Waals surface area (Å²) in [6.45, 7) is 0. The van der Waals surface area contributed by atoms with E-state index in [0.717, 1.165) is 18.3 Å². The molecule has 0 spiro atoms. The summed E-state index contributed by atoms with van der Waals surface area (Å²) in [6.07, 6.45) is -3.72. The van der Waals surface area contributed by atoms with Crippen LogP contribution in [0.2, 0.25) is 0 Å². The first-order valence-electron chi connectivity index (χ1n) is 8.57. The van der Waals surface area contributed by atoms with Gasteiger partial charge < -0.3 is 4.90 Å². The maximum Gasteiger partial charge on any atom is 0.417 e. The second kappa shape index (κ2) is 7.66. The number of alkyl halides is 3. The van der Waals surface area contributed by atoms with Gasteiger partial charge in [0.2, 0.25) is 0 Å². The third kappa shape index (κ3) is 3.72. The second-order valence-corrected chi connectivity index (χ2v) is 6.62. The summed E-state index contributed by atoms with van der Waals surface area (Å²) in [5, 5.41) is 0. The summed E-state index contributed by atoms with van der Waals surface area (Å²) in [5.41, 5.74) is -3.19. The molecule has 0 bridgehead atoms. The van der Waals surface area contributed by atoms with Gasteiger partial charge in [0.1, 0.15) is 11.6 Å². The fraction of sp³-hybridized carbons (Fsp3) is 0.136. The highest BCUT2D eigenvalue weighted by Gasteiger charge is 2.46. The van der Waals surface area contributed by atoms with Crippen molar-refractivity contribution < 1.29 is 26.7 Å². The number of nitrogens with zero attached hydrogens (tertiary/aromatic N) is 1. The highest BCUT2D eigenvalue weighted by atomic mass is 19.4. The molecule has 0 saturated heterocycles. The maximum absolute atomic E-state index is 14.6. The van der Waals surface area contributed by atoms with Crippen LogP contribution in [0.25, 0.3) is 11.1 Å². The molecule has 2 nitrogen and oxygen atoms in total. The molecule has 0 aliphatic heterocycles. The standard InChI is InChI=1S/C22H16F5NO/c1-28(2)11-15-19(13-7-3-5-9-17(13)23)20(14-8-4-6-10-18(14)24)16(12-29)21(15)22(25,26)27/h3-12H,1-2H3/b15-11-. The van der Waals surface area contributed by atoms with Crippen molar-refractivity contribution in [1.29, 1.82) is 0 Å². The largest absolute Gasteiger partial charge is 0.417 e. The lowest BCUT2D eigenvalue weighted by molar-refractivity contribution is -0.106. The van der Waals surface area contributed by atoms with E-state index in [4.69, 9.17) is 0 Å². The van der Waals surface area contributed by atoms with Gasteiger partial charge in [0.25, 0.3) is 0 Å². The van der Waals surface area contributed by atoms with E-state index in [0.29, 0.717) is 0 Å². The number of rotatable bonds is 4. The maximum atomic E-state index is 14.6. The van der Waals surface area contributed by atoms with Crippen LogP contribution in [0.5, 0.6) is 0 Å². The van der Waals surface area contributed by atoms with E-state index in [1.807, 2.05) is 0 Å². The van der Waals surface area contributed by atoms with Crippen molar-refractivity contribution in [1.82, 2.24) is 4.90 Å². The number of benzene rings is 2. The molecule has 0 aromatic heterocycles. The normalized spacial score (nSPS) is 16.0. The number of carbonyl (C=O) groups is 1. The van der Waals surface area contributed by atoms with Gasteiger partial charge in [-0.15, -0.1) is 0 Å². The van der Waals surface area contributed by atoms with E-state index >= 15 is 0 Å². The predicted molar refractivity (Wildman–Crippen MR) is 101 cm³/mol. The van der Waals surface area contributed by atoms with Crippen LogP contribution in [0.3, 0.4) is 0 Å². The quantitative estimate of drug-likeness (QED) is 0.502. The summed E-state index contributed by atoms with van der Waals surface area (Å²) in [5.74, 6) is -1.60. The zero-order valence-corrected chi connectivity index (χ0v) is 15.5. The first-order chi connectivity index (χ1) is 13.7. The van der Waals surface area contributed by atoms with E-state index in [-0.39, 0.29) is 28.6 Å². The zero-order valence-electron chi connectivity index (χ0n) is 15.5. The van der Waals surface area contributed by atoms with Gasteiger partial charge in [0, 0.05) is 53.7 Å². The van der Waals surface area contributed by atoms with Crippen molar-refractivity contribution in [2.24, 2.45) is 0 Å². The topological polar surface area (TPSA) is 20.3 Å². The van der Waals surface area contributed by atoms with E-state index in [2.05, 4.69) is 0 Å². The Morgan fingerprint density at radius 1 is 0.828 bits per heavy atom. The Kier molecular flexibility index (Phi) is 5.42. The molecule has 0 heterocycles. The molecule has 0 saturated carbocycles. The Labute approximate surface area is 164 Å². The van der Waals surface area contributed by atoms with Crippen molar-refractivity contribution in [3.63, 3.8) is 0 Å². The number of aldehydes is 1. The number of carbonyl (C=O) groups excluding carboxylic acids is 1. The fourth-order valence-electron chi connectivity index (χ4n) is 3.36. The van der Waals surface area contributed by atoms with Gasteiger partial charge in [-0.1, -0.05) is 36.4 Å². The van der Waals surface area contributed by atoms with Crippen molar-refractivity contribution in [2.75, 3.05) is 14.1 Å². The summed E-state index contributed by atoms with van der Waals surface area (Å²) in [7, 11) is 3.00. The lowest BCUT2D eigenvalue weighted by atomic mass is 9.91. The molecule has 0 atom stereocenters. The van der Waals surface area contributed by atoms with Gasteiger partial charge in [-0.2, -0.15) is 13.2 Å². The van der Waals surface area contributed by atoms with Gasteiger partial charge in [-0.25, -0.2) is 8.78 Å². The molecule has 1 aliphatic carbocycles. The first-order valence-corrected chi connectivity index (χ1v) is 8.57. The number of halogens is 5. The summed E-state index contributed by atoms with van der Waals surface area (Å²) in [4.78, 5) is 13.2. The lowest BCUT2D eigenvalue weighted by Crippen LogP contribution is -2.16. The number of hydrogen-bond donors (Lipinski definition) is 0. The van der Waals surface area contributed by atoms with Crippen molar-refractivity contribution in [3.05, 3.63) is 94.2 Å². The predicted octanol–water partition coefficient (Wildman–Crippen LogP) is 5.39. The van der Waals surface area contributed by atoms with E-state index in [9.17, 15) is 26.7 Å². The molecule has 0 radical (unpaired) electrons. The van der Waals surface area contributed by atoms with Crippen LogP contribution >= 0.6 is 0 Å². The molecule has 7 heteroatoms. The molecule has 0 amide bonds. The first kappa shape index (κ1) is 20.5. The Hall–Kier alpha value is -3.22. The van der Waals surface area contributed by atoms with Crippen LogP contribution in [0.1, 0.15) is 11.1 Å². The fourth-order valence-corrected chi connectivity index (χ4v) is 3.36. The Morgan fingerprint density at radius 3 is 1.72 bits per heavy atom. The van der Waals surface area contributed by atoms with Gasteiger partial charge in [-0.3, -0.25) is 4.79 Å². The van der Waals surface area contributed by atoms with E-state index in [1.165, 1.54) is 55.4 Å². The summed E-state index contributed by atoms with van der Waals surface area (Å²) in [6, 6.07) is 10.4. The molecule has 150 valence electrons. The molecular weight excluding hydrogens is 389 g/mol. The van der Waals surface area contributed by atoms with Crippen molar-refractivity contribution >= 4 is 17.4 Å². The summed E-state index contributed by atoms with van der Waals surface area (Å²) >= 11 is 0. The van der Waals surface area contributed by atoms with Crippen LogP contribution in [0, 0.1) is 11.6 Å². The van der Waals surface area contributed by atoms with E-state index < -0.39 is 34.5 Å². The van der Waals surface area contributed by atoms with Crippen LogP contribution in [-0.2, 0) is 4.79 Å². The summed E-state index contributed by atoms with van der Waals surface area (Å²) < 4.78 is 71.2. The minimum absolute atomic E-state index is 0.0436. The Balaban J connectivity index is 2.52.